The summed E-state index contributed by atoms with van der Waals surface area (Å²) in [6.45, 7) is 2.20. The first-order chi connectivity index (χ1) is 12.7. The van der Waals surface area contributed by atoms with Crippen molar-refractivity contribution in [3.8, 4) is 11.5 Å². The number of benzene rings is 2. The van der Waals surface area contributed by atoms with Gasteiger partial charge in [0, 0.05) is 37.8 Å². The smallest absolute Gasteiger partial charge is 0.222 e. The number of carbonyl (C=O) groups excluding carboxylic acids is 1. The zero-order valence-corrected chi connectivity index (χ0v) is 17.5. The number of ether oxygens (including phenoxy) is 1. The molecule has 3 N–H and O–H groups in total. The second kappa shape index (κ2) is 10.8. The highest BCUT2D eigenvalue weighted by Crippen LogP contribution is 2.23. The fraction of sp³-hybridized carbons (Fsp3) is 0.300. The van der Waals surface area contributed by atoms with Gasteiger partial charge in [-0.1, -0.05) is 24.3 Å². The first-order valence-electron chi connectivity index (χ1n) is 8.88. The van der Waals surface area contributed by atoms with E-state index >= 15 is 0 Å². The first-order valence-corrected chi connectivity index (χ1v) is 8.88. The van der Waals surface area contributed by atoms with Crippen LogP contribution >= 0.6 is 24.0 Å². The second-order valence-corrected chi connectivity index (χ2v) is 6.17. The molecule has 144 valence electrons. The number of aliphatic imine (C=N–C) groups is 1. The maximum absolute atomic E-state index is 11.5. The van der Waals surface area contributed by atoms with Crippen LogP contribution in [0.5, 0.6) is 11.5 Å². The van der Waals surface area contributed by atoms with Crippen LogP contribution in [-0.4, -0.2) is 36.4 Å². The van der Waals surface area contributed by atoms with Crippen LogP contribution in [0.3, 0.4) is 0 Å². The molecule has 1 amide bonds. The van der Waals surface area contributed by atoms with Gasteiger partial charge in [0.15, 0.2) is 5.96 Å². The van der Waals surface area contributed by atoms with Crippen molar-refractivity contribution in [2.45, 2.75) is 19.3 Å². The van der Waals surface area contributed by atoms with Crippen molar-refractivity contribution in [1.29, 1.82) is 0 Å². The molecule has 0 aromatic heterocycles. The van der Waals surface area contributed by atoms with Crippen LogP contribution in [0.4, 0.5) is 5.69 Å². The molecule has 0 aliphatic carbocycles. The van der Waals surface area contributed by atoms with Crippen molar-refractivity contribution >= 4 is 41.5 Å². The van der Waals surface area contributed by atoms with Crippen LogP contribution in [0, 0.1) is 0 Å². The fourth-order valence-corrected chi connectivity index (χ4v) is 2.85. The molecule has 1 heterocycles. The van der Waals surface area contributed by atoms with E-state index in [0.717, 1.165) is 43.1 Å². The maximum atomic E-state index is 11.5. The third-order valence-electron chi connectivity index (χ3n) is 4.13. The number of likely N-dealkylation sites (tertiary alicyclic amines) is 1. The molecule has 0 saturated carbocycles. The number of halogens is 1. The molecule has 27 heavy (non-hydrogen) atoms. The van der Waals surface area contributed by atoms with Gasteiger partial charge in [-0.2, -0.15) is 0 Å². The largest absolute Gasteiger partial charge is 0.457 e. The molecule has 1 fully saturated rings. The van der Waals surface area contributed by atoms with Gasteiger partial charge in [-0.25, -0.2) is 0 Å². The standard InChI is InChI=1S/C20H24N4O2.HI/c21-20(22-12-6-14-24-13-5-11-19(24)25)23-16-7-4-10-18(15-16)26-17-8-2-1-3-9-17;/h1-4,7-10,15H,5-6,11-14H2,(H3,21,22,23);1H. The van der Waals surface area contributed by atoms with Crippen LogP contribution < -0.4 is 15.8 Å². The number of para-hydroxylation sites is 1. The Kier molecular flexibility index (Phi) is 8.38. The maximum Gasteiger partial charge on any atom is 0.222 e. The van der Waals surface area contributed by atoms with Gasteiger partial charge in [-0.3, -0.25) is 9.79 Å². The molecular weight excluding hydrogens is 455 g/mol. The van der Waals surface area contributed by atoms with Crippen molar-refractivity contribution in [2.75, 3.05) is 25.0 Å². The van der Waals surface area contributed by atoms with Crippen LogP contribution in [0.2, 0.25) is 0 Å². The molecule has 1 aliphatic heterocycles. The average Bonchev–Trinajstić information content (AvgIpc) is 3.05. The number of anilines is 1. The number of amides is 1. The van der Waals surface area contributed by atoms with Gasteiger partial charge in [0.1, 0.15) is 11.5 Å². The number of rotatable bonds is 7. The highest BCUT2D eigenvalue weighted by Gasteiger charge is 2.18. The van der Waals surface area contributed by atoms with E-state index < -0.39 is 0 Å². The average molecular weight is 480 g/mol. The Morgan fingerprint density at radius 1 is 1.15 bits per heavy atom. The number of guanidine groups is 1. The summed E-state index contributed by atoms with van der Waals surface area (Å²) in [6, 6.07) is 17.2. The molecule has 6 nitrogen and oxygen atoms in total. The Morgan fingerprint density at radius 3 is 2.67 bits per heavy atom. The van der Waals surface area contributed by atoms with Gasteiger partial charge in [-0.05, 0) is 37.1 Å². The summed E-state index contributed by atoms with van der Waals surface area (Å²) >= 11 is 0. The molecule has 0 atom stereocenters. The van der Waals surface area contributed by atoms with Gasteiger partial charge in [0.25, 0.3) is 0 Å². The number of carbonyl (C=O) groups is 1. The van der Waals surface area contributed by atoms with Crippen LogP contribution in [0.1, 0.15) is 19.3 Å². The van der Waals surface area contributed by atoms with Crippen LogP contribution in [0.15, 0.2) is 59.6 Å². The van der Waals surface area contributed by atoms with Gasteiger partial charge in [0.05, 0.1) is 0 Å². The lowest BCUT2D eigenvalue weighted by Gasteiger charge is -2.14. The molecule has 0 bridgehead atoms. The molecular formula is C20H25IN4O2. The van der Waals surface area contributed by atoms with Gasteiger partial charge < -0.3 is 20.7 Å². The van der Waals surface area contributed by atoms with Gasteiger partial charge in [-0.15, -0.1) is 24.0 Å². The fourth-order valence-electron chi connectivity index (χ4n) is 2.85. The number of hydrogen-bond acceptors (Lipinski definition) is 3. The van der Waals surface area contributed by atoms with E-state index in [9.17, 15) is 4.79 Å². The normalized spacial score (nSPS) is 14.0. The summed E-state index contributed by atoms with van der Waals surface area (Å²) in [6.07, 6.45) is 2.45. The molecule has 2 aromatic rings. The molecule has 1 aliphatic rings. The predicted octanol–water partition coefficient (Wildman–Crippen LogP) is 3.84. The van der Waals surface area contributed by atoms with E-state index in [1.807, 2.05) is 59.5 Å². The molecule has 0 spiro atoms. The Hall–Kier alpha value is -2.29. The highest BCUT2D eigenvalue weighted by molar-refractivity contribution is 14.0. The monoisotopic (exact) mass is 480 g/mol. The predicted molar refractivity (Wildman–Crippen MR) is 119 cm³/mol. The lowest BCUT2D eigenvalue weighted by molar-refractivity contribution is -0.127. The molecule has 0 radical (unpaired) electrons. The van der Waals surface area contributed by atoms with Gasteiger partial charge >= 0.3 is 0 Å². The van der Waals surface area contributed by atoms with Gasteiger partial charge in [0.2, 0.25) is 5.91 Å². The van der Waals surface area contributed by atoms with E-state index in [4.69, 9.17) is 10.5 Å². The van der Waals surface area contributed by atoms with Crippen molar-refractivity contribution in [3.05, 3.63) is 54.6 Å². The van der Waals surface area contributed by atoms with E-state index in [2.05, 4.69) is 10.3 Å². The third kappa shape index (κ3) is 6.74. The van der Waals surface area contributed by atoms with Crippen molar-refractivity contribution in [2.24, 2.45) is 10.7 Å². The van der Waals surface area contributed by atoms with E-state index in [-0.39, 0.29) is 29.9 Å². The van der Waals surface area contributed by atoms with E-state index in [1.54, 1.807) is 0 Å². The number of nitrogens with one attached hydrogen (secondary N) is 1. The molecule has 0 unspecified atom stereocenters. The van der Waals surface area contributed by atoms with Crippen molar-refractivity contribution in [1.82, 2.24) is 4.90 Å². The summed E-state index contributed by atoms with van der Waals surface area (Å²) in [5, 5.41) is 3.07. The van der Waals surface area contributed by atoms with E-state index in [0.29, 0.717) is 18.9 Å². The topological polar surface area (TPSA) is 80.0 Å². The zero-order valence-electron chi connectivity index (χ0n) is 15.1. The number of hydrogen-bond donors (Lipinski definition) is 2. The minimum Gasteiger partial charge on any atom is -0.457 e. The summed E-state index contributed by atoms with van der Waals surface area (Å²) in [5.41, 5.74) is 6.76. The highest BCUT2D eigenvalue weighted by atomic mass is 127. The Bertz CT molecular complexity index is 768. The summed E-state index contributed by atoms with van der Waals surface area (Å²) in [5.74, 6) is 2.11. The summed E-state index contributed by atoms with van der Waals surface area (Å²) in [4.78, 5) is 17.8. The van der Waals surface area contributed by atoms with Crippen molar-refractivity contribution < 1.29 is 9.53 Å². The minimum atomic E-state index is 0. The summed E-state index contributed by atoms with van der Waals surface area (Å²) in [7, 11) is 0. The Labute approximate surface area is 176 Å². The lowest BCUT2D eigenvalue weighted by Crippen LogP contribution is -2.27. The first kappa shape index (κ1) is 21.0. The second-order valence-electron chi connectivity index (χ2n) is 6.17. The number of nitrogens with two attached hydrogens (primary N) is 1. The van der Waals surface area contributed by atoms with Crippen molar-refractivity contribution in [3.63, 3.8) is 0 Å². The minimum absolute atomic E-state index is 0. The zero-order chi connectivity index (χ0) is 18.2. The summed E-state index contributed by atoms with van der Waals surface area (Å²) < 4.78 is 5.81. The third-order valence-corrected chi connectivity index (χ3v) is 4.13. The Morgan fingerprint density at radius 2 is 1.93 bits per heavy atom. The molecule has 2 aromatic carbocycles. The lowest BCUT2D eigenvalue weighted by atomic mass is 10.3. The molecule has 7 heteroatoms. The number of nitrogens with zero attached hydrogens (tertiary/aromatic N) is 2. The SMILES string of the molecule is I.NC(=NCCCN1CCCC1=O)Nc1cccc(Oc2ccccc2)c1. The molecule has 1 saturated heterocycles. The quantitative estimate of drug-likeness (QED) is 0.273. The van der Waals surface area contributed by atoms with Crippen LogP contribution in [-0.2, 0) is 4.79 Å². The van der Waals surface area contributed by atoms with E-state index in [1.165, 1.54) is 0 Å². The molecule has 3 rings (SSSR count). The van der Waals surface area contributed by atoms with Crippen LogP contribution in [0.25, 0.3) is 0 Å². The Balaban J connectivity index is 0.00000261.